The van der Waals surface area contributed by atoms with Gasteiger partial charge in [0, 0.05) is 25.2 Å². The lowest BCUT2D eigenvalue weighted by molar-refractivity contribution is 0.151. The van der Waals surface area contributed by atoms with Crippen molar-refractivity contribution in [1.29, 1.82) is 0 Å². The Hall–Kier alpha value is -0.120. The van der Waals surface area contributed by atoms with E-state index in [1.165, 1.54) is 51.9 Å². The van der Waals surface area contributed by atoms with Crippen molar-refractivity contribution < 1.29 is 4.74 Å². The van der Waals surface area contributed by atoms with Crippen LogP contribution in [0.25, 0.3) is 0 Å². The van der Waals surface area contributed by atoms with E-state index in [1.807, 2.05) is 0 Å². The van der Waals surface area contributed by atoms with Gasteiger partial charge in [0.1, 0.15) is 0 Å². The fraction of sp³-hybridized carbons (Fsp3) is 1.00. The molecule has 1 saturated carbocycles. The maximum Gasteiger partial charge on any atom is 0.0507 e. The van der Waals surface area contributed by atoms with Crippen molar-refractivity contribution in [1.82, 2.24) is 10.2 Å². The summed E-state index contributed by atoms with van der Waals surface area (Å²) < 4.78 is 5.50. The first-order valence-electron chi connectivity index (χ1n) is 7.31. The highest BCUT2D eigenvalue weighted by atomic mass is 16.5. The third-order valence-corrected chi connectivity index (χ3v) is 4.75. The fourth-order valence-corrected chi connectivity index (χ4v) is 3.52. The van der Waals surface area contributed by atoms with Gasteiger partial charge in [-0.25, -0.2) is 0 Å². The summed E-state index contributed by atoms with van der Waals surface area (Å²) >= 11 is 0. The van der Waals surface area contributed by atoms with Crippen LogP contribution >= 0.6 is 0 Å². The van der Waals surface area contributed by atoms with E-state index in [4.69, 9.17) is 4.74 Å². The summed E-state index contributed by atoms with van der Waals surface area (Å²) in [6, 6.07) is 0. The predicted octanol–water partition coefficient (Wildman–Crippen LogP) is 1.49. The number of hydrogen-bond donors (Lipinski definition) is 1. The molecule has 3 fully saturated rings. The Morgan fingerprint density at radius 3 is 2.94 bits per heavy atom. The average Bonchev–Trinajstić information content (AvgIpc) is 3.07. The van der Waals surface area contributed by atoms with Gasteiger partial charge in [-0.1, -0.05) is 0 Å². The lowest BCUT2D eigenvalue weighted by atomic mass is 9.95. The van der Waals surface area contributed by atoms with Gasteiger partial charge in [0.25, 0.3) is 0 Å². The van der Waals surface area contributed by atoms with Gasteiger partial charge in [-0.3, -0.25) is 0 Å². The molecule has 17 heavy (non-hydrogen) atoms. The van der Waals surface area contributed by atoms with Gasteiger partial charge in [0.2, 0.25) is 0 Å². The Kier molecular flexibility index (Phi) is 3.42. The van der Waals surface area contributed by atoms with Crippen LogP contribution in [0.15, 0.2) is 0 Å². The molecule has 2 aliphatic heterocycles. The molecule has 3 rings (SSSR count). The van der Waals surface area contributed by atoms with Crippen LogP contribution in [-0.4, -0.2) is 49.8 Å². The molecule has 2 heterocycles. The smallest absolute Gasteiger partial charge is 0.0507 e. The number of ether oxygens (including phenoxy) is 1. The molecule has 0 aromatic heterocycles. The molecular weight excluding hydrogens is 212 g/mol. The molecule has 3 aliphatic rings. The van der Waals surface area contributed by atoms with Crippen molar-refractivity contribution in [3.8, 4) is 0 Å². The Morgan fingerprint density at radius 2 is 2.24 bits per heavy atom. The second-order valence-corrected chi connectivity index (χ2v) is 6.44. The monoisotopic (exact) mass is 238 g/mol. The predicted molar refractivity (Wildman–Crippen MR) is 69.1 cm³/mol. The number of hydrogen-bond acceptors (Lipinski definition) is 3. The zero-order chi connectivity index (χ0) is 11.7. The Balaban J connectivity index is 1.58. The van der Waals surface area contributed by atoms with Gasteiger partial charge < -0.3 is 15.0 Å². The van der Waals surface area contributed by atoms with Crippen molar-refractivity contribution in [2.45, 2.75) is 38.1 Å². The van der Waals surface area contributed by atoms with Crippen LogP contribution in [0.2, 0.25) is 0 Å². The number of nitrogens with zero attached hydrogens (tertiary/aromatic N) is 1. The summed E-state index contributed by atoms with van der Waals surface area (Å²) in [6.45, 7) is 9.38. The largest absolute Gasteiger partial charge is 0.381 e. The SMILES string of the molecule is CC1(C2CC2)CN(CC2CCOC2)CCCN1. The summed E-state index contributed by atoms with van der Waals surface area (Å²) in [7, 11) is 0. The van der Waals surface area contributed by atoms with E-state index in [2.05, 4.69) is 17.1 Å². The van der Waals surface area contributed by atoms with Crippen LogP contribution in [0.1, 0.15) is 32.6 Å². The van der Waals surface area contributed by atoms with E-state index in [9.17, 15) is 0 Å². The number of rotatable bonds is 3. The summed E-state index contributed by atoms with van der Waals surface area (Å²) in [5.74, 6) is 1.72. The maximum atomic E-state index is 5.50. The standard InChI is InChI=1S/C14H26N2O/c1-14(13-3-4-13)11-16(7-2-6-15-14)9-12-5-8-17-10-12/h12-13,15H,2-11H2,1H3. The summed E-state index contributed by atoms with van der Waals surface area (Å²) in [6.07, 6.45) is 5.44. The van der Waals surface area contributed by atoms with E-state index in [0.29, 0.717) is 5.54 Å². The highest BCUT2D eigenvalue weighted by Gasteiger charge is 2.43. The zero-order valence-corrected chi connectivity index (χ0v) is 11.1. The van der Waals surface area contributed by atoms with E-state index in [1.54, 1.807) is 0 Å². The van der Waals surface area contributed by atoms with Gasteiger partial charge in [-0.2, -0.15) is 0 Å². The lowest BCUT2D eigenvalue weighted by Crippen LogP contribution is -2.51. The molecule has 3 heteroatoms. The average molecular weight is 238 g/mol. The molecule has 3 nitrogen and oxygen atoms in total. The quantitative estimate of drug-likeness (QED) is 0.806. The van der Waals surface area contributed by atoms with Crippen LogP contribution in [0.3, 0.4) is 0 Å². The topological polar surface area (TPSA) is 24.5 Å². The minimum atomic E-state index is 0.385. The van der Waals surface area contributed by atoms with Gasteiger partial charge >= 0.3 is 0 Å². The molecule has 98 valence electrons. The number of nitrogens with one attached hydrogen (secondary N) is 1. The van der Waals surface area contributed by atoms with Crippen molar-refractivity contribution in [2.24, 2.45) is 11.8 Å². The van der Waals surface area contributed by atoms with Crippen LogP contribution in [0.5, 0.6) is 0 Å². The molecule has 0 aromatic rings. The molecule has 2 atom stereocenters. The van der Waals surface area contributed by atoms with Gasteiger partial charge in [0.15, 0.2) is 0 Å². The third-order valence-electron chi connectivity index (χ3n) is 4.75. The van der Waals surface area contributed by atoms with Crippen LogP contribution in [-0.2, 0) is 4.74 Å². The Bertz CT molecular complexity index is 261. The van der Waals surface area contributed by atoms with Gasteiger partial charge in [0.05, 0.1) is 6.61 Å². The minimum absolute atomic E-state index is 0.385. The second-order valence-electron chi connectivity index (χ2n) is 6.44. The molecule has 2 saturated heterocycles. The lowest BCUT2D eigenvalue weighted by Gasteiger charge is -2.34. The normalized spacial score (nSPS) is 40.4. The summed E-state index contributed by atoms with van der Waals surface area (Å²) in [5, 5.41) is 3.80. The molecule has 1 N–H and O–H groups in total. The van der Waals surface area contributed by atoms with Crippen LogP contribution < -0.4 is 5.32 Å². The molecule has 0 amide bonds. The molecule has 1 aliphatic carbocycles. The first kappa shape index (κ1) is 11.9. The summed E-state index contributed by atoms with van der Waals surface area (Å²) in [5.41, 5.74) is 0.385. The van der Waals surface area contributed by atoms with Crippen molar-refractivity contribution >= 4 is 0 Å². The Labute approximate surface area is 105 Å². The second kappa shape index (κ2) is 4.87. The van der Waals surface area contributed by atoms with Gasteiger partial charge in [-0.15, -0.1) is 0 Å². The molecule has 0 spiro atoms. The summed E-state index contributed by atoms with van der Waals surface area (Å²) in [4.78, 5) is 2.69. The first-order chi connectivity index (χ1) is 8.26. The van der Waals surface area contributed by atoms with Gasteiger partial charge in [-0.05, 0) is 57.5 Å². The first-order valence-corrected chi connectivity index (χ1v) is 7.31. The fourth-order valence-electron chi connectivity index (χ4n) is 3.52. The highest BCUT2D eigenvalue weighted by Crippen LogP contribution is 2.40. The van der Waals surface area contributed by atoms with E-state index >= 15 is 0 Å². The highest BCUT2D eigenvalue weighted by molar-refractivity contribution is 5.01. The van der Waals surface area contributed by atoms with Crippen molar-refractivity contribution in [3.63, 3.8) is 0 Å². The third kappa shape index (κ3) is 2.83. The molecule has 0 bridgehead atoms. The van der Waals surface area contributed by atoms with Crippen molar-refractivity contribution in [2.75, 3.05) is 39.4 Å². The molecule has 2 unspecified atom stereocenters. The van der Waals surface area contributed by atoms with Crippen LogP contribution in [0, 0.1) is 11.8 Å². The maximum absolute atomic E-state index is 5.50. The van der Waals surface area contributed by atoms with Crippen LogP contribution in [0.4, 0.5) is 0 Å². The molecule has 0 aromatic carbocycles. The van der Waals surface area contributed by atoms with E-state index in [-0.39, 0.29) is 0 Å². The molecular formula is C14H26N2O. The van der Waals surface area contributed by atoms with E-state index < -0.39 is 0 Å². The Morgan fingerprint density at radius 1 is 1.35 bits per heavy atom. The van der Waals surface area contributed by atoms with E-state index in [0.717, 1.165) is 25.0 Å². The van der Waals surface area contributed by atoms with Crippen molar-refractivity contribution in [3.05, 3.63) is 0 Å². The minimum Gasteiger partial charge on any atom is -0.381 e. The molecule has 0 radical (unpaired) electrons. The zero-order valence-electron chi connectivity index (χ0n) is 11.1.